The molecule has 2 heterocycles. The van der Waals surface area contributed by atoms with E-state index in [1.54, 1.807) is 15.8 Å². The summed E-state index contributed by atoms with van der Waals surface area (Å²) in [6, 6.07) is 5.79. The Morgan fingerprint density at radius 3 is 2.94 bits per heavy atom. The van der Waals surface area contributed by atoms with E-state index in [1.165, 1.54) is 16.9 Å². The standard InChI is InChI=1S/C12H11N3OS/c13-10-2-1-8-4-15(5-9(8)3-10)12(16)11-6-17-7-14-11/h1-3,6-7H,4-5,13H2. The van der Waals surface area contributed by atoms with E-state index < -0.39 is 0 Å². The second-order valence-corrected chi connectivity index (χ2v) is 4.78. The van der Waals surface area contributed by atoms with Crippen molar-refractivity contribution in [3.05, 3.63) is 45.9 Å². The van der Waals surface area contributed by atoms with Gasteiger partial charge in [-0.25, -0.2) is 4.98 Å². The lowest BCUT2D eigenvalue weighted by Gasteiger charge is -2.13. The van der Waals surface area contributed by atoms with Crippen LogP contribution in [0.3, 0.4) is 0 Å². The van der Waals surface area contributed by atoms with E-state index in [0.29, 0.717) is 18.8 Å². The van der Waals surface area contributed by atoms with Gasteiger partial charge in [0.15, 0.2) is 0 Å². The fourth-order valence-corrected chi connectivity index (χ4v) is 2.56. The summed E-state index contributed by atoms with van der Waals surface area (Å²) in [4.78, 5) is 17.9. The number of thiazole rings is 1. The van der Waals surface area contributed by atoms with Gasteiger partial charge in [0.2, 0.25) is 0 Å². The molecular formula is C12H11N3OS. The van der Waals surface area contributed by atoms with Crippen LogP contribution in [-0.4, -0.2) is 15.8 Å². The van der Waals surface area contributed by atoms with Crippen molar-refractivity contribution in [3.8, 4) is 0 Å². The van der Waals surface area contributed by atoms with Gasteiger partial charge in [-0.2, -0.15) is 0 Å². The molecular weight excluding hydrogens is 234 g/mol. The third-order valence-corrected chi connectivity index (χ3v) is 3.48. The first-order valence-electron chi connectivity index (χ1n) is 5.29. The van der Waals surface area contributed by atoms with E-state index in [-0.39, 0.29) is 5.91 Å². The number of carbonyl (C=O) groups is 1. The molecule has 2 aromatic rings. The molecule has 0 spiro atoms. The van der Waals surface area contributed by atoms with Crippen LogP contribution in [0.15, 0.2) is 29.1 Å². The van der Waals surface area contributed by atoms with Crippen LogP contribution in [0.1, 0.15) is 21.6 Å². The number of hydrogen-bond donors (Lipinski definition) is 1. The summed E-state index contributed by atoms with van der Waals surface area (Å²) in [6.45, 7) is 1.27. The van der Waals surface area contributed by atoms with Gasteiger partial charge < -0.3 is 10.6 Å². The Labute approximate surface area is 103 Å². The van der Waals surface area contributed by atoms with Crippen LogP contribution in [0.2, 0.25) is 0 Å². The molecule has 1 aliphatic heterocycles. The predicted molar refractivity (Wildman–Crippen MR) is 66.5 cm³/mol. The first-order valence-corrected chi connectivity index (χ1v) is 6.23. The van der Waals surface area contributed by atoms with Crippen molar-refractivity contribution in [2.75, 3.05) is 5.73 Å². The van der Waals surface area contributed by atoms with Gasteiger partial charge in [-0.05, 0) is 23.3 Å². The van der Waals surface area contributed by atoms with E-state index >= 15 is 0 Å². The number of nitrogens with two attached hydrogens (primary N) is 1. The number of amides is 1. The third kappa shape index (κ3) is 1.78. The van der Waals surface area contributed by atoms with Gasteiger partial charge in [-0.3, -0.25) is 4.79 Å². The number of anilines is 1. The number of rotatable bonds is 1. The number of benzene rings is 1. The molecule has 0 radical (unpaired) electrons. The maximum absolute atomic E-state index is 12.1. The van der Waals surface area contributed by atoms with E-state index in [2.05, 4.69) is 4.98 Å². The minimum Gasteiger partial charge on any atom is -0.399 e. The Hall–Kier alpha value is -1.88. The highest BCUT2D eigenvalue weighted by Crippen LogP contribution is 2.25. The number of fused-ring (bicyclic) bond motifs is 1. The van der Waals surface area contributed by atoms with Crippen molar-refractivity contribution in [3.63, 3.8) is 0 Å². The molecule has 1 amide bonds. The normalized spacial score (nSPS) is 13.8. The number of hydrogen-bond acceptors (Lipinski definition) is 4. The fourth-order valence-electron chi connectivity index (χ4n) is 2.04. The van der Waals surface area contributed by atoms with Gasteiger partial charge in [0.1, 0.15) is 5.69 Å². The van der Waals surface area contributed by atoms with Gasteiger partial charge >= 0.3 is 0 Å². The minimum atomic E-state index is -0.0129. The Bertz CT molecular complexity index is 565. The van der Waals surface area contributed by atoms with Gasteiger partial charge in [0.25, 0.3) is 5.91 Å². The summed E-state index contributed by atoms with van der Waals surface area (Å²) in [5.74, 6) is -0.0129. The van der Waals surface area contributed by atoms with Crippen molar-refractivity contribution in [2.45, 2.75) is 13.1 Å². The van der Waals surface area contributed by atoms with Crippen LogP contribution < -0.4 is 5.73 Å². The smallest absolute Gasteiger partial charge is 0.273 e. The third-order valence-electron chi connectivity index (χ3n) is 2.89. The number of nitrogen functional groups attached to an aromatic ring is 1. The Morgan fingerprint density at radius 2 is 2.18 bits per heavy atom. The molecule has 0 aliphatic carbocycles. The Morgan fingerprint density at radius 1 is 1.35 bits per heavy atom. The summed E-state index contributed by atoms with van der Waals surface area (Å²) in [5.41, 5.74) is 11.0. The molecule has 0 atom stereocenters. The molecule has 86 valence electrons. The van der Waals surface area contributed by atoms with Crippen LogP contribution in [0.4, 0.5) is 5.69 Å². The maximum Gasteiger partial charge on any atom is 0.273 e. The first kappa shape index (κ1) is 10.3. The van der Waals surface area contributed by atoms with Gasteiger partial charge in [-0.1, -0.05) is 6.07 Å². The van der Waals surface area contributed by atoms with Crippen molar-refractivity contribution < 1.29 is 4.79 Å². The first-order chi connectivity index (χ1) is 8.24. The lowest BCUT2D eigenvalue weighted by atomic mass is 10.1. The van der Waals surface area contributed by atoms with Gasteiger partial charge in [-0.15, -0.1) is 11.3 Å². The maximum atomic E-state index is 12.1. The van der Waals surface area contributed by atoms with E-state index in [0.717, 1.165) is 11.3 Å². The highest BCUT2D eigenvalue weighted by atomic mass is 32.1. The zero-order valence-corrected chi connectivity index (χ0v) is 9.91. The molecule has 17 heavy (non-hydrogen) atoms. The molecule has 3 rings (SSSR count). The van der Waals surface area contributed by atoms with Gasteiger partial charge in [0.05, 0.1) is 5.51 Å². The second kappa shape index (κ2) is 3.85. The lowest BCUT2D eigenvalue weighted by Crippen LogP contribution is -2.25. The molecule has 0 unspecified atom stereocenters. The topological polar surface area (TPSA) is 59.2 Å². The Balaban J connectivity index is 1.85. The van der Waals surface area contributed by atoms with Crippen LogP contribution >= 0.6 is 11.3 Å². The second-order valence-electron chi connectivity index (χ2n) is 4.06. The average molecular weight is 245 g/mol. The number of carbonyl (C=O) groups excluding carboxylic acids is 1. The number of nitrogens with zero attached hydrogens (tertiary/aromatic N) is 2. The van der Waals surface area contributed by atoms with E-state index in [9.17, 15) is 4.79 Å². The quantitative estimate of drug-likeness (QED) is 0.780. The Kier molecular flexibility index (Phi) is 2.33. The fraction of sp³-hybridized carbons (Fsp3) is 0.167. The average Bonchev–Trinajstić information content (AvgIpc) is 2.96. The molecule has 0 saturated heterocycles. The summed E-state index contributed by atoms with van der Waals surface area (Å²) < 4.78 is 0. The minimum absolute atomic E-state index is 0.0129. The summed E-state index contributed by atoms with van der Waals surface area (Å²) in [5, 5.41) is 1.78. The highest BCUT2D eigenvalue weighted by molar-refractivity contribution is 7.07. The zero-order valence-electron chi connectivity index (χ0n) is 9.09. The predicted octanol–water partition coefficient (Wildman–Crippen LogP) is 1.88. The number of aromatic nitrogens is 1. The van der Waals surface area contributed by atoms with E-state index in [1.807, 2.05) is 18.2 Å². The molecule has 4 nitrogen and oxygen atoms in total. The molecule has 1 aromatic heterocycles. The van der Waals surface area contributed by atoms with Crippen LogP contribution in [0.25, 0.3) is 0 Å². The molecule has 1 aliphatic rings. The molecule has 5 heteroatoms. The van der Waals surface area contributed by atoms with Crippen molar-refractivity contribution in [1.29, 1.82) is 0 Å². The summed E-state index contributed by atoms with van der Waals surface area (Å²) in [6.07, 6.45) is 0. The van der Waals surface area contributed by atoms with Crippen molar-refractivity contribution in [2.24, 2.45) is 0 Å². The van der Waals surface area contributed by atoms with Crippen LogP contribution in [0.5, 0.6) is 0 Å². The zero-order chi connectivity index (χ0) is 11.8. The largest absolute Gasteiger partial charge is 0.399 e. The molecule has 0 saturated carbocycles. The summed E-state index contributed by atoms with van der Waals surface area (Å²) >= 11 is 1.43. The van der Waals surface area contributed by atoms with E-state index in [4.69, 9.17) is 5.73 Å². The molecule has 0 fully saturated rings. The van der Waals surface area contributed by atoms with Crippen LogP contribution in [0, 0.1) is 0 Å². The lowest BCUT2D eigenvalue weighted by molar-refractivity contribution is 0.0746. The summed E-state index contributed by atoms with van der Waals surface area (Å²) in [7, 11) is 0. The van der Waals surface area contributed by atoms with Gasteiger partial charge in [0, 0.05) is 24.2 Å². The molecule has 2 N–H and O–H groups in total. The van der Waals surface area contributed by atoms with Crippen molar-refractivity contribution >= 4 is 22.9 Å². The molecule has 1 aromatic carbocycles. The highest BCUT2D eigenvalue weighted by Gasteiger charge is 2.25. The monoisotopic (exact) mass is 245 g/mol. The molecule has 0 bridgehead atoms. The van der Waals surface area contributed by atoms with Crippen molar-refractivity contribution in [1.82, 2.24) is 9.88 Å². The SMILES string of the molecule is Nc1ccc2c(c1)CN(C(=O)c1cscn1)C2. The van der Waals surface area contributed by atoms with Crippen LogP contribution in [-0.2, 0) is 13.1 Å².